The van der Waals surface area contributed by atoms with Gasteiger partial charge in [0.1, 0.15) is 0 Å². The largest absolute Gasteiger partial charge is 0.320 e. The lowest BCUT2D eigenvalue weighted by Crippen LogP contribution is -2.24. The highest BCUT2D eigenvalue weighted by molar-refractivity contribution is 9.10. The molecular weight excluding hydrogens is 280 g/mol. The van der Waals surface area contributed by atoms with E-state index in [9.17, 15) is 0 Å². The van der Waals surface area contributed by atoms with E-state index in [0.29, 0.717) is 0 Å². The van der Waals surface area contributed by atoms with E-state index in [0.717, 1.165) is 36.3 Å². The highest BCUT2D eigenvalue weighted by Crippen LogP contribution is 2.22. The van der Waals surface area contributed by atoms with Crippen LogP contribution in [0.2, 0.25) is 0 Å². The third-order valence-electron chi connectivity index (χ3n) is 2.84. The van der Waals surface area contributed by atoms with Crippen LogP contribution in [0.15, 0.2) is 4.47 Å². The third-order valence-corrected chi connectivity index (χ3v) is 3.87. The fourth-order valence-corrected chi connectivity index (χ4v) is 2.29. The average Bonchev–Trinajstić information content (AvgIpc) is 2.57. The van der Waals surface area contributed by atoms with Gasteiger partial charge in [0.05, 0.1) is 15.9 Å². The SMILES string of the molecule is CCn1nc(C)c(Br)c1CN(C)CCCNC. The van der Waals surface area contributed by atoms with Crippen LogP contribution in [0.4, 0.5) is 0 Å². The molecule has 0 aliphatic rings. The van der Waals surface area contributed by atoms with Crippen molar-refractivity contribution >= 4 is 15.9 Å². The van der Waals surface area contributed by atoms with E-state index in [1.54, 1.807) is 0 Å². The first-order valence-electron chi connectivity index (χ1n) is 6.15. The van der Waals surface area contributed by atoms with Crippen molar-refractivity contribution < 1.29 is 0 Å². The van der Waals surface area contributed by atoms with E-state index in [1.807, 2.05) is 14.0 Å². The Morgan fingerprint density at radius 2 is 2.18 bits per heavy atom. The zero-order chi connectivity index (χ0) is 12.8. The predicted octanol–water partition coefficient (Wildman–Crippen LogP) is 2.02. The van der Waals surface area contributed by atoms with E-state index in [4.69, 9.17) is 0 Å². The van der Waals surface area contributed by atoms with Crippen molar-refractivity contribution in [3.8, 4) is 0 Å². The minimum Gasteiger partial charge on any atom is -0.320 e. The molecule has 4 nitrogen and oxygen atoms in total. The Kier molecular flexibility index (Phi) is 6.16. The molecule has 98 valence electrons. The molecule has 0 aromatic carbocycles. The van der Waals surface area contributed by atoms with Gasteiger partial charge in [0.15, 0.2) is 0 Å². The molecule has 1 aromatic rings. The standard InChI is InChI=1S/C12H23BrN4/c1-5-17-11(12(13)10(2)15-17)9-16(4)8-6-7-14-3/h14H,5-9H2,1-4H3. The summed E-state index contributed by atoms with van der Waals surface area (Å²) < 4.78 is 3.23. The average molecular weight is 303 g/mol. The Hall–Kier alpha value is -0.390. The second-order valence-electron chi connectivity index (χ2n) is 4.36. The number of hydrogen-bond acceptors (Lipinski definition) is 3. The number of aryl methyl sites for hydroxylation is 2. The smallest absolute Gasteiger partial charge is 0.0739 e. The molecule has 1 aromatic heterocycles. The maximum Gasteiger partial charge on any atom is 0.0739 e. The molecule has 1 N–H and O–H groups in total. The van der Waals surface area contributed by atoms with Gasteiger partial charge < -0.3 is 10.2 Å². The van der Waals surface area contributed by atoms with Gasteiger partial charge in [-0.1, -0.05) is 0 Å². The lowest BCUT2D eigenvalue weighted by Gasteiger charge is -2.17. The van der Waals surface area contributed by atoms with Crippen LogP contribution in [0.1, 0.15) is 24.7 Å². The third kappa shape index (κ3) is 4.08. The first-order chi connectivity index (χ1) is 8.10. The Bertz CT molecular complexity index is 349. The van der Waals surface area contributed by atoms with Crippen molar-refractivity contribution in [1.82, 2.24) is 20.0 Å². The highest BCUT2D eigenvalue weighted by atomic mass is 79.9. The lowest BCUT2D eigenvalue weighted by atomic mass is 10.3. The molecule has 0 saturated heterocycles. The first-order valence-corrected chi connectivity index (χ1v) is 6.94. The molecule has 0 unspecified atom stereocenters. The summed E-state index contributed by atoms with van der Waals surface area (Å²) >= 11 is 3.63. The molecule has 0 saturated carbocycles. The lowest BCUT2D eigenvalue weighted by molar-refractivity contribution is 0.309. The van der Waals surface area contributed by atoms with E-state index >= 15 is 0 Å². The van der Waals surface area contributed by atoms with Gasteiger partial charge >= 0.3 is 0 Å². The molecule has 0 aliphatic carbocycles. The number of aromatic nitrogens is 2. The number of halogens is 1. The Labute approximate surface area is 113 Å². The van der Waals surface area contributed by atoms with Crippen molar-refractivity contribution in [1.29, 1.82) is 0 Å². The molecule has 0 radical (unpaired) electrons. The minimum absolute atomic E-state index is 0.923. The van der Waals surface area contributed by atoms with Crippen molar-refractivity contribution in [2.75, 3.05) is 27.2 Å². The summed E-state index contributed by atoms with van der Waals surface area (Å²) in [5, 5.41) is 7.68. The van der Waals surface area contributed by atoms with Crippen LogP contribution in [0, 0.1) is 6.92 Å². The maximum absolute atomic E-state index is 4.51. The normalized spacial score (nSPS) is 11.4. The Morgan fingerprint density at radius 1 is 1.47 bits per heavy atom. The molecular formula is C12H23BrN4. The first kappa shape index (κ1) is 14.7. The second-order valence-corrected chi connectivity index (χ2v) is 5.15. The van der Waals surface area contributed by atoms with Gasteiger partial charge in [0.25, 0.3) is 0 Å². The maximum atomic E-state index is 4.51. The van der Waals surface area contributed by atoms with Gasteiger partial charge in [0, 0.05) is 13.1 Å². The summed E-state index contributed by atoms with van der Waals surface area (Å²) in [6.45, 7) is 8.20. The second kappa shape index (κ2) is 7.13. The summed E-state index contributed by atoms with van der Waals surface area (Å²) in [5.74, 6) is 0. The fourth-order valence-electron chi connectivity index (χ4n) is 1.88. The highest BCUT2D eigenvalue weighted by Gasteiger charge is 2.13. The Balaban J connectivity index is 2.60. The molecule has 1 rings (SSSR count). The van der Waals surface area contributed by atoms with Crippen LogP contribution in [0.3, 0.4) is 0 Å². The van der Waals surface area contributed by atoms with E-state index in [2.05, 4.69) is 49.9 Å². The Morgan fingerprint density at radius 3 is 2.76 bits per heavy atom. The topological polar surface area (TPSA) is 33.1 Å². The van der Waals surface area contributed by atoms with Crippen LogP contribution in [0.25, 0.3) is 0 Å². The number of rotatable bonds is 7. The van der Waals surface area contributed by atoms with Crippen LogP contribution in [-0.4, -0.2) is 41.9 Å². The molecule has 17 heavy (non-hydrogen) atoms. The summed E-state index contributed by atoms with van der Waals surface area (Å²) in [4.78, 5) is 2.34. The molecule has 0 aliphatic heterocycles. The molecule has 0 spiro atoms. The molecule has 0 atom stereocenters. The summed E-state index contributed by atoms with van der Waals surface area (Å²) in [6.07, 6.45) is 1.17. The molecule has 1 heterocycles. The monoisotopic (exact) mass is 302 g/mol. The molecule has 0 fully saturated rings. The van der Waals surface area contributed by atoms with Gasteiger partial charge in [-0.25, -0.2) is 0 Å². The predicted molar refractivity (Wildman–Crippen MR) is 75.2 cm³/mol. The number of nitrogens with one attached hydrogen (secondary N) is 1. The van der Waals surface area contributed by atoms with Crippen molar-refractivity contribution in [2.45, 2.75) is 33.4 Å². The quantitative estimate of drug-likeness (QED) is 0.782. The number of nitrogens with zero attached hydrogens (tertiary/aromatic N) is 3. The van der Waals surface area contributed by atoms with E-state index in [1.165, 1.54) is 12.1 Å². The van der Waals surface area contributed by atoms with Gasteiger partial charge in [-0.05, 0) is 63.4 Å². The molecule has 5 heteroatoms. The van der Waals surface area contributed by atoms with Gasteiger partial charge in [-0.2, -0.15) is 5.10 Å². The van der Waals surface area contributed by atoms with E-state index < -0.39 is 0 Å². The van der Waals surface area contributed by atoms with Crippen LogP contribution >= 0.6 is 15.9 Å². The molecule has 0 bridgehead atoms. The van der Waals surface area contributed by atoms with E-state index in [-0.39, 0.29) is 0 Å². The summed E-state index contributed by atoms with van der Waals surface area (Å²) in [7, 11) is 4.15. The zero-order valence-corrected chi connectivity index (χ0v) is 12.8. The summed E-state index contributed by atoms with van der Waals surface area (Å²) in [5.41, 5.74) is 2.35. The van der Waals surface area contributed by atoms with Gasteiger partial charge in [-0.15, -0.1) is 0 Å². The van der Waals surface area contributed by atoms with Crippen molar-refractivity contribution in [3.63, 3.8) is 0 Å². The molecule has 0 amide bonds. The summed E-state index contributed by atoms with van der Waals surface area (Å²) in [6, 6.07) is 0. The minimum atomic E-state index is 0.923. The zero-order valence-electron chi connectivity index (χ0n) is 11.3. The fraction of sp³-hybridized carbons (Fsp3) is 0.750. The van der Waals surface area contributed by atoms with Crippen molar-refractivity contribution in [3.05, 3.63) is 15.9 Å². The van der Waals surface area contributed by atoms with Gasteiger partial charge in [0.2, 0.25) is 0 Å². The van der Waals surface area contributed by atoms with Crippen LogP contribution in [-0.2, 0) is 13.1 Å². The number of hydrogen-bond donors (Lipinski definition) is 1. The van der Waals surface area contributed by atoms with Crippen molar-refractivity contribution in [2.24, 2.45) is 0 Å². The van der Waals surface area contributed by atoms with Crippen LogP contribution in [0.5, 0.6) is 0 Å². The van der Waals surface area contributed by atoms with Gasteiger partial charge in [-0.3, -0.25) is 4.68 Å². The van der Waals surface area contributed by atoms with Crippen LogP contribution < -0.4 is 5.32 Å².